The normalized spacial score (nSPS) is 12.2. The Hall–Kier alpha value is -5.05. The third kappa shape index (κ3) is 3.52. The quantitative estimate of drug-likeness (QED) is 0.211. The summed E-state index contributed by atoms with van der Waals surface area (Å²) in [5, 5.41) is 5.23. The van der Waals surface area contributed by atoms with E-state index in [4.69, 9.17) is 0 Å². The molecule has 1 aliphatic heterocycles. The van der Waals surface area contributed by atoms with Crippen LogP contribution < -0.4 is 0 Å². The van der Waals surface area contributed by atoms with E-state index in [0.29, 0.717) is 0 Å². The van der Waals surface area contributed by atoms with Crippen LogP contribution in [-0.4, -0.2) is 4.57 Å². The third-order valence-electron chi connectivity index (χ3n) is 8.58. The number of hydrogen-bond acceptors (Lipinski definition) is 1. The molecule has 0 fully saturated rings. The molecule has 0 aliphatic carbocycles. The van der Waals surface area contributed by atoms with Crippen LogP contribution in [0.4, 0.5) is 0 Å². The van der Waals surface area contributed by atoms with Crippen LogP contribution in [0.1, 0.15) is 0 Å². The molecule has 9 rings (SSSR count). The van der Waals surface area contributed by atoms with Crippen molar-refractivity contribution in [3.63, 3.8) is 0 Å². The van der Waals surface area contributed by atoms with Gasteiger partial charge in [0.05, 0.1) is 11.0 Å². The highest BCUT2D eigenvalue weighted by Gasteiger charge is 2.20. The van der Waals surface area contributed by atoms with Gasteiger partial charge in [-0.15, -0.1) is 0 Å². The Balaban J connectivity index is 1.22. The van der Waals surface area contributed by atoms with E-state index in [1.807, 2.05) is 11.8 Å². The number of hydrogen-bond donors (Lipinski definition) is 0. The molecule has 0 radical (unpaired) electrons. The van der Waals surface area contributed by atoms with Gasteiger partial charge in [-0.05, 0) is 87.3 Å². The number of nitrogens with zero attached hydrogens (tertiary/aromatic N) is 1. The molecular weight excluding hydrogens is 527 g/mol. The van der Waals surface area contributed by atoms with Gasteiger partial charge in [0, 0.05) is 31.6 Å². The molecule has 2 heterocycles. The van der Waals surface area contributed by atoms with Crippen molar-refractivity contribution in [3.8, 4) is 39.1 Å². The van der Waals surface area contributed by atoms with Crippen molar-refractivity contribution < 1.29 is 0 Å². The molecule has 0 saturated carbocycles. The van der Waals surface area contributed by atoms with Gasteiger partial charge in [-0.25, -0.2) is 0 Å². The summed E-state index contributed by atoms with van der Waals surface area (Å²) in [5.41, 5.74) is 11.2. The molecule has 1 aromatic heterocycles. The van der Waals surface area contributed by atoms with E-state index in [2.05, 4.69) is 156 Å². The van der Waals surface area contributed by atoms with Gasteiger partial charge in [-0.2, -0.15) is 0 Å². The first kappa shape index (κ1) is 23.6. The van der Waals surface area contributed by atoms with Crippen LogP contribution in [0, 0.1) is 0 Å². The van der Waals surface area contributed by atoms with Crippen LogP contribution in [-0.2, 0) is 0 Å². The molecule has 0 N–H and O–H groups in total. The molecule has 7 aromatic carbocycles. The summed E-state index contributed by atoms with van der Waals surface area (Å²) in [7, 11) is 0. The van der Waals surface area contributed by atoms with E-state index in [1.54, 1.807) is 0 Å². The number of aromatic nitrogens is 1. The van der Waals surface area contributed by atoms with Gasteiger partial charge in [0.1, 0.15) is 0 Å². The maximum Gasteiger partial charge on any atom is 0.0547 e. The lowest BCUT2D eigenvalue weighted by Gasteiger charge is -2.21. The Bertz CT molecular complexity index is 2320. The molecule has 196 valence electrons. The fourth-order valence-electron chi connectivity index (χ4n) is 6.72. The lowest BCUT2D eigenvalue weighted by atomic mass is 9.93. The Morgan fingerprint density at radius 2 is 1.12 bits per heavy atom. The number of rotatable bonds is 3. The highest BCUT2D eigenvalue weighted by Crippen LogP contribution is 2.49. The molecule has 1 nitrogen and oxygen atoms in total. The second-order valence-corrected chi connectivity index (χ2v) is 12.0. The van der Waals surface area contributed by atoms with Gasteiger partial charge >= 0.3 is 0 Å². The van der Waals surface area contributed by atoms with Crippen LogP contribution in [0.5, 0.6) is 0 Å². The first-order chi connectivity index (χ1) is 20.8. The summed E-state index contributed by atoms with van der Waals surface area (Å²) in [5.74, 6) is 0. The fraction of sp³-hybridized carbons (Fsp3) is 0. The Morgan fingerprint density at radius 1 is 0.405 bits per heavy atom. The second-order valence-electron chi connectivity index (χ2n) is 10.9. The van der Waals surface area contributed by atoms with Gasteiger partial charge in [0.2, 0.25) is 0 Å². The third-order valence-corrected chi connectivity index (χ3v) is 9.71. The van der Waals surface area contributed by atoms with Crippen molar-refractivity contribution in [3.05, 3.63) is 152 Å². The van der Waals surface area contributed by atoms with Crippen LogP contribution in [0.25, 0.3) is 71.6 Å². The van der Waals surface area contributed by atoms with Crippen LogP contribution in [0.2, 0.25) is 0 Å². The lowest BCUT2D eigenvalue weighted by Crippen LogP contribution is -1.93. The van der Waals surface area contributed by atoms with E-state index < -0.39 is 0 Å². The zero-order valence-electron chi connectivity index (χ0n) is 22.8. The smallest absolute Gasteiger partial charge is 0.0547 e. The fourth-order valence-corrected chi connectivity index (χ4v) is 7.85. The Labute approximate surface area is 248 Å². The summed E-state index contributed by atoms with van der Waals surface area (Å²) in [6.45, 7) is 0. The Kier molecular flexibility index (Phi) is 5.20. The number of benzene rings is 7. The van der Waals surface area contributed by atoms with E-state index >= 15 is 0 Å². The molecule has 0 saturated heterocycles. The molecule has 0 spiro atoms. The molecule has 42 heavy (non-hydrogen) atoms. The average molecular weight is 552 g/mol. The van der Waals surface area contributed by atoms with E-state index in [-0.39, 0.29) is 0 Å². The predicted molar refractivity (Wildman–Crippen MR) is 179 cm³/mol. The molecule has 0 unspecified atom stereocenters. The topological polar surface area (TPSA) is 4.93 Å². The summed E-state index contributed by atoms with van der Waals surface area (Å²) in [4.78, 5) is 2.66. The van der Waals surface area contributed by atoms with E-state index in [0.717, 1.165) is 0 Å². The van der Waals surface area contributed by atoms with Crippen molar-refractivity contribution in [2.45, 2.75) is 9.79 Å². The maximum absolute atomic E-state index is 2.39. The first-order valence-corrected chi connectivity index (χ1v) is 15.2. The van der Waals surface area contributed by atoms with Crippen molar-refractivity contribution >= 4 is 44.3 Å². The second kappa shape index (κ2) is 9.24. The summed E-state index contributed by atoms with van der Waals surface area (Å²) < 4.78 is 2.39. The van der Waals surface area contributed by atoms with Gasteiger partial charge in [0.15, 0.2) is 0 Å². The highest BCUT2D eigenvalue weighted by molar-refractivity contribution is 7.99. The maximum atomic E-state index is 2.39. The highest BCUT2D eigenvalue weighted by atomic mass is 32.2. The van der Waals surface area contributed by atoms with Gasteiger partial charge in [-0.1, -0.05) is 115 Å². The van der Waals surface area contributed by atoms with Gasteiger partial charge in [0.25, 0.3) is 0 Å². The summed E-state index contributed by atoms with van der Waals surface area (Å²) >= 11 is 1.88. The minimum atomic E-state index is 1.18. The average Bonchev–Trinajstić information content (AvgIpc) is 3.40. The molecule has 8 aromatic rings. The van der Waals surface area contributed by atoms with Crippen molar-refractivity contribution in [1.82, 2.24) is 4.57 Å². The minimum absolute atomic E-state index is 1.18. The Morgan fingerprint density at radius 3 is 2.05 bits per heavy atom. The van der Waals surface area contributed by atoms with Crippen LogP contribution >= 0.6 is 11.8 Å². The lowest BCUT2D eigenvalue weighted by molar-refractivity contribution is 1.18. The van der Waals surface area contributed by atoms with Gasteiger partial charge < -0.3 is 4.57 Å². The molecule has 0 bridgehead atoms. The molecular formula is C40H25NS. The van der Waals surface area contributed by atoms with E-state index in [1.165, 1.54) is 81.4 Å². The van der Waals surface area contributed by atoms with E-state index in [9.17, 15) is 0 Å². The van der Waals surface area contributed by atoms with Crippen molar-refractivity contribution in [1.29, 1.82) is 0 Å². The summed E-state index contributed by atoms with van der Waals surface area (Å²) in [6.07, 6.45) is 0. The number of para-hydroxylation sites is 2. The van der Waals surface area contributed by atoms with Crippen LogP contribution in [0.15, 0.2) is 161 Å². The van der Waals surface area contributed by atoms with Crippen LogP contribution in [0.3, 0.4) is 0 Å². The zero-order valence-corrected chi connectivity index (χ0v) is 23.6. The molecule has 1 aliphatic rings. The van der Waals surface area contributed by atoms with Gasteiger partial charge in [-0.3, -0.25) is 0 Å². The minimum Gasteiger partial charge on any atom is -0.309 e. The van der Waals surface area contributed by atoms with Crippen molar-refractivity contribution in [2.75, 3.05) is 0 Å². The summed E-state index contributed by atoms with van der Waals surface area (Å²) in [6, 6.07) is 55.4. The first-order valence-electron chi connectivity index (χ1n) is 14.4. The molecule has 2 heteroatoms. The molecule has 0 atom stereocenters. The predicted octanol–water partition coefficient (Wildman–Crippen LogP) is 11.4. The zero-order chi connectivity index (χ0) is 27.6. The monoisotopic (exact) mass is 551 g/mol. The number of fused-ring (bicyclic) bond motifs is 5. The standard InChI is InChI=1S/C40H25NS/c1-2-14-30(15-3-1)41-35-19-5-4-16-33(35)40-31(17-9-20-36(40)41)29-13-6-12-27(24-29)28-22-23-37-34(25-28)32-18-7-10-26-11-8-21-38(42-37)39(26)32/h1-25H. The van der Waals surface area contributed by atoms with Crippen molar-refractivity contribution in [2.24, 2.45) is 0 Å². The largest absolute Gasteiger partial charge is 0.309 e. The molecule has 0 amide bonds. The SMILES string of the molecule is c1ccc(-n2c3ccccc3c3c(-c4cccc(-c5ccc6c(c5)-c5cccc7cccc(c57)S6)c4)cccc32)cc1.